The summed E-state index contributed by atoms with van der Waals surface area (Å²) in [5, 5.41) is 0. The van der Waals surface area contributed by atoms with E-state index in [4.69, 9.17) is 0 Å². The monoisotopic (exact) mass is 378 g/mol. The van der Waals surface area contributed by atoms with Crippen molar-refractivity contribution in [3.05, 3.63) is 65.2 Å². The van der Waals surface area contributed by atoms with Crippen LogP contribution in [0.2, 0.25) is 0 Å². The van der Waals surface area contributed by atoms with Gasteiger partial charge in [-0.3, -0.25) is 4.90 Å². The van der Waals surface area contributed by atoms with Gasteiger partial charge in [-0.25, -0.2) is 4.79 Å². The van der Waals surface area contributed by atoms with Crippen molar-refractivity contribution < 1.29 is 22.7 Å². The fraction of sp³-hybridized carbons (Fsp3) is 0.350. The zero-order valence-corrected chi connectivity index (χ0v) is 15.0. The zero-order valence-electron chi connectivity index (χ0n) is 15.0. The topological polar surface area (TPSA) is 32.8 Å². The molecule has 144 valence electrons. The summed E-state index contributed by atoms with van der Waals surface area (Å²) in [4.78, 5) is 15.7. The minimum atomic E-state index is -4.33. The van der Waals surface area contributed by atoms with Crippen LogP contribution < -0.4 is 4.90 Å². The lowest BCUT2D eigenvalue weighted by atomic mass is 10.1. The zero-order chi connectivity index (χ0) is 19.4. The molecule has 27 heavy (non-hydrogen) atoms. The van der Waals surface area contributed by atoms with Gasteiger partial charge >= 0.3 is 12.1 Å². The molecule has 0 aromatic heterocycles. The van der Waals surface area contributed by atoms with Crippen LogP contribution in [0.25, 0.3) is 0 Å². The summed E-state index contributed by atoms with van der Waals surface area (Å²) >= 11 is 0. The number of nitrogens with zero attached hydrogens (tertiary/aromatic N) is 2. The number of benzene rings is 2. The van der Waals surface area contributed by atoms with E-state index in [2.05, 4.69) is 9.64 Å². The van der Waals surface area contributed by atoms with Crippen molar-refractivity contribution in [2.24, 2.45) is 0 Å². The minimum absolute atomic E-state index is 0.365. The van der Waals surface area contributed by atoms with Crippen molar-refractivity contribution >= 4 is 11.7 Å². The molecule has 0 aliphatic carbocycles. The van der Waals surface area contributed by atoms with E-state index in [0.717, 1.165) is 31.3 Å². The van der Waals surface area contributed by atoms with Crippen molar-refractivity contribution in [2.75, 3.05) is 38.2 Å². The number of hydrogen-bond acceptors (Lipinski definition) is 4. The van der Waals surface area contributed by atoms with Gasteiger partial charge in [-0.2, -0.15) is 13.2 Å². The summed E-state index contributed by atoms with van der Waals surface area (Å²) < 4.78 is 43.3. The quantitative estimate of drug-likeness (QED) is 0.758. The summed E-state index contributed by atoms with van der Waals surface area (Å²) in [6, 6.07) is 12.7. The normalized spacial score (nSPS) is 15.6. The van der Waals surface area contributed by atoms with Crippen LogP contribution in [-0.4, -0.2) is 44.2 Å². The fourth-order valence-corrected chi connectivity index (χ4v) is 3.17. The Morgan fingerprint density at radius 2 is 1.70 bits per heavy atom. The van der Waals surface area contributed by atoms with Crippen LogP contribution in [0, 0.1) is 0 Å². The third-order valence-electron chi connectivity index (χ3n) is 4.69. The maximum absolute atomic E-state index is 12.9. The number of anilines is 1. The molecule has 0 saturated carbocycles. The van der Waals surface area contributed by atoms with Gasteiger partial charge in [0.15, 0.2) is 0 Å². The maximum atomic E-state index is 12.9. The Bertz CT molecular complexity index is 783. The van der Waals surface area contributed by atoms with Gasteiger partial charge in [0.25, 0.3) is 0 Å². The Morgan fingerprint density at radius 3 is 2.30 bits per heavy atom. The number of hydrogen-bond donors (Lipinski definition) is 0. The van der Waals surface area contributed by atoms with Crippen molar-refractivity contribution in [2.45, 2.75) is 12.7 Å². The lowest BCUT2D eigenvalue weighted by Crippen LogP contribution is -2.46. The third kappa shape index (κ3) is 4.80. The molecule has 0 amide bonds. The van der Waals surface area contributed by atoms with Crippen molar-refractivity contribution in [3.8, 4) is 0 Å². The van der Waals surface area contributed by atoms with E-state index in [-0.39, 0.29) is 5.97 Å². The highest BCUT2D eigenvalue weighted by Crippen LogP contribution is 2.31. The molecule has 3 rings (SSSR count). The Labute approximate surface area is 156 Å². The first-order valence-electron chi connectivity index (χ1n) is 8.68. The lowest BCUT2D eigenvalue weighted by molar-refractivity contribution is -0.137. The van der Waals surface area contributed by atoms with E-state index in [1.807, 2.05) is 17.0 Å². The second kappa shape index (κ2) is 8.00. The van der Waals surface area contributed by atoms with Crippen molar-refractivity contribution in [1.29, 1.82) is 0 Å². The third-order valence-corrected chi connectivity index (χ3v) is 4.69. The van der Waals surface area contributed by atoms with E-state index in [0.29, 0.717) is 24.3 Å². The van der Waals surface area contributed by atoms with Crippen LogP contribution in [-0.2, 0) is 17.5 Å². The number of carbonyl (C=O) groups excluding carboxylic acids is 1. The van der Waals surface area contributed by atoms with E-state index in [9.17, 15) is 18.0 Å². The van der Waals surface area contributed by atoms with Gasteiger partial charge in [-0.15, -0.1) is 0 Å². The minimum Gasteiger partial charge on any atom is -0.465 e. The number of alkyl halides is 3. The van der Waals surface area contributed by atoms with Crippen LogP contribution in [0.15, 0.2) is 48.5 Å². The van der Waals surface area contributed by atoms with E-state index in [1.165, 1.54) is 19.2 Å². The number of ether oxygens (including phenoxy) is 1. The largest absolute Gasteiger partial charge is 0.465 e. The maximum Gasteiger partial charge on any atom is 0.416 e. The van der Waals surface area contributed by atoms with Crippen LogP contribution in [0.3, 0.4) is 0 Å². The van der Waals surface area contributed by atoms with Gasteiger partial charge in [-0.05, 0) is 35.9 Å². The van der Waals surface area contributed by atoms with Gasteiger partial charge in [0, 0.05) is 38.4 Å². The molecule has 4 nitrogen and oxygen atoms in total. The average molecular weight is 378 g/mol. The first kappa shape index (κ1) is 19.2. The highest BCUT2D eigenvalue weighted by atomic mass is 19.4. The molecule has 0 atom stereocenters. The summed E-state index contributed by atoms with van der Waals surface area (Å²) in [6.07, 6.45) is -4.33. The van der Waals surface area contributed by atoms with Gasteiger partial charge in [0.05, 0.1) is 18.2 Å². The second-order valence-electron chi connectivity index (χ2n) is 6.50. The molecule has 1 aliphatic rings. The molecule has 0 spiro atoms. The highest BCUT2D eigenvalue weighted by molar-refractivity contribution is 5.89. The van der Waals surface area contributed by atoms with E-state index < -0.39 is 11.7 Å². The van der Waals surface area contributed by atoms with Crippen LogP contribution in [0.5, 0.6) is 0 Å². The molecule has 2 aromatic rings. The molecule has 1 saturated heterocycles. The van der Waals surface area contributed by atoms with Crippen LogP contribution in [0.4, 0.5) is 18.9 Å². The van der Waals surface area contributed by atoms with Crippen molar-refractivity contribution in [1.82, 2.24) is 4.90 Å². The fourth-order valence-electron chi connectivity index (χ4n) is 3.17. The van der Waals surface area contributed by atoms with Crippen LogP contribution in [0.1, 0.15) is 21.5 Å². The predicted octanol–water partition coefficient (Wildman–Crippen LogP) is 3.81. The smallest absolute Gasteiger partial charge is 0.416 e. The first-order chi connectivity index (χ1) is 12.9. The number of halogens is 3. The standard InChI is InChI=1S/C20H21F3N2O2/c1-27-19(26)16-7-5-15(6-8-16)14-24-9-11-25(12-10-24)18-4-2-3-17(13-18)20(21,22)23/h2-8,13H,9-12,14H2,1H3. The molecular weight excluding hydrogens is 357 g/mol. The summed E-state index contributed by atoms with van der Waals surface area (Å²) in [6.45, 7) is 3.59. The molecule has 1 fully saturated rings. The molecular formula is C20H21F3N2O2. The summed E-state index contributed by atoms with van der Waals surface area (Å²) in [7, 11) is 1.35. The predicted molar refractivity (Wildman–Crippen MR) is 96.7 cm³/mol. The molecule has 2 aromatic carbocycles. The molecule has 7 heteroatoms. The molecule has 0 N–H and O–H groups in total. The highest BCUT2D eigenvalue weighted by Gasteiger charge is 2.31. The number of rotatable bonds is 4. The van der Waals surface area contributed by atoms with Crippen molar-refractivity contribution in [3.63, 3.8) is 0 Å². The Balaban J connectivity index is 1.57. The number of piperazine rings is 1. The Hall–Kier alpha value is -2.54. The van der Waals surface area contributed by atoms with Gasteiger partial charge < -0.3 is 9.64 Å². The number of esters is 1. The molecule has 1 heterocycles. The number of methoxy groups -OCH3 is 1. The van der Waals surface area contributed by atoms with Crippen LogP contribution >= 0.6 is 0 Å². The summed E-state index contributed by atoms with van der Waals surface area (Å²) in [5.41, 5.74) is 1.57. The van der Waals surface area contributed by atoms with E-state index >= 15 is 0 Å². The molecule has 0 unspecified atom stereocenters. The molecule has 0 radical (unpaired) electrons. The average Bonchev–Trinajstić information content (AvgIpc) is 2.68. The summed E-state index contributed by atoms with van der Waals surface area (Å²) in [5.74, 6) is -0.365. The molecule has 0 bridgehead atoms. The first-order valence-corrected chi connectivity index (χ1v) is 8.68. The Kier molecular flexibility index (Phi) is 5.70. The van der Waals surface area contributed by atoms with Gasteiger partial charge in [0.2, 0.25) is 0 Å². The molecule has 1 aliphatic heterocycles. The lowest BCUT2D eigenvalue weighted by Gasteiger charge is -2.36. The number of carbonyl (C=O) groups is 1. The van der Waals surface area contributed by atoms with Gasteiger partial charge in [-0.1, -0.05) is 18.2 Å². The van der Waals surface area contributed by atoms with Gasteiger partial charge in [0.1, 0.15) is 0 Å². The second-order valence-corrected chi connectivity index (χ2v) is 6.50. The SMILES string of the molecule is COC(=O)c1ccc(CN2CCN(c3cccc(C(F)(F)F)c3)CC2)cc1. The van der Waals surface area contributed by atoms with E-state index in [1.54, 1.807) is 18.2 Å². The Morgan fingerprint density at radius 1 is 1.04 bits per heavy atom.